The molecule has 1 fully saturated rings. The van der Waals surface area contributed by atoms with Crippen molar-refractivity contribution in [3.8, 4) is 22.9 Å². The highest BCUT2D eigenvalue weighted by Gasteiger charge is 2.31. The van der Waals surface area contributed by atoms with Crippen molar-refractivity contribution < 1.29 is 23.5 Å². The van der Waals surface area contributed by atoms with Gasteiger partial charge in [-0.05, 0) is 54.8 Å². The lowest BCUT2D eigenvalue weighted by molar-refractivity contribution is -0.142. The van der Waals surface area contributed by atoms with Crippen molar-refractivity contribution in [1.29, 1.82) is 0 Å². The van der Waals surface area contributed by atoms with Gasteiger partial charge in [-0.15, -0.1) is 10.2 Å². The number of nitrogens with zero attached hydrogens (tertiary/aromatic N) is 5. The number of hydrogen-bond donors (Lipinski definition) is 1. The van der Waals surface area contributed by atoms with E-state index in [0.29, 0.717) is 35.1 Å². The third-order valence-corrected chi connectivity index (χ3v) is 6.37. The van der Waals surface area contributed by atoms with E-state index in [9.17, 15) is 9.59 Å². The van der Waals surface area contributed by atoms with Crippen LogP contribution >= 0.6 is 0 Å². The van der Waals surface area contributed by atoms with Gasteiger partial charge in [-0.1, -0.05) is 19.8 Å². The highest BCUT2D eigenvalue weighted by molar-refractivity contribution is 5.87. The summed E-state index contributed by atoms with van der Waals surface area (Å²) in [7, 11) is 3.11. The van der Waals surface area contributed by atoms with E-state index in [0.717, 1.165) is 25.7 Å². The van der Waals surface area contributed by atoms with E-state index in [1.807, 2.05) is 6.92 Å². The first-order chi connectivity index (χ1) is 17.5. The molecule has 1 aromatic carbocycles. The summed E-state index contributed by atoms with van der Waals surface area (Å²) in [5.74, 6) is 1.59. The van der Waals surface area contributed by atoms with Crippen LogP contribution in [0.25, 0.3) is 11.4 Å². The van der Waals surface area contributed by atoms with Crippen molar-refractivity contribution in [1.82, 2.24) is 30.4 Å². The van der Waals surface area contributed by atoms with Crippen molar-refractivity contribution in [2.45, 2.75) is 64.2 Å². The minimum Gasteiger partial charge on any atom is -0.493 e. The predicted molar refractivity (Wildman–Crippen MR) is 130 cm³/mol. The number of furan rings is 1. The van der Waals surface area contributed by atoms with Crippen LogP contribution in [0.15, 0.2) is 41.0 Å². The quantitative estimate of drug-likeness (QED) is 0.430. The van der Waals surface area contributed by atoms with Gasteiger partial charge in [-0.25, -0.2) is 0 Å². The van der Waals surface area contributed by atoms with Crippen LogP contribution in [0, 0.1) is 0 Å². The summed E-state index contributed by atoms with van der Waals surface area (Å²) < 4.78 is 16.1. The van der Waals surface area contributed by atoms with Crippen LogP contribution < -0.4 is 14.8 Å². The van der Waals surface area contributed by atoms with Gasteiger partial charge in [0.15, 0.2) is 11.5 Å². The summed E-state index contributed by atoms with van der Waals surface area (Å²) in [5.41, 5.74) is 0.668. The smallest absolute Gasteiger partial charge is 0.247 e. The van der Waals surface area contributed by atoms with Crippen LogP contribution in [0.3, 0.4) is 0 Å². The number of amides is 2. The van der Waals surface area contributed by atoms with Gasteiger partial charge in [0.1, 0.15) is 18.3 Å². The molecule has 1 unspecified atom stereocenters. The van der Waals surface area contributed by atoms with Crippen LogP contribution in [0.2, 0.25) is 0 Å². The minimum atomic E-state index is -0.642. The first-order valence-electron chi connectivity index (χ1n) is 12.1. The Labute approximate surface area is 209 Å². The molecule has 192 valence electrons. The number of hydrogen-bond acceptors (Lipinski definition) is 8. The lowest BCUT2D eigenvalue weighted by Gasteiger charge is -2.30. The van der Waals surface area contributed by atoms with E-state index in [4.69, 9.17) is 13.9 Å². The van der Waals surface area contributed by atoms with Crippen LogP contribution in [0.4, 0.5) is 0 Å². The molecule has 1 aliphatic rings. The number of rotatable bonds is 11. The van der Waals surface area contributed by atoms with Crippen LogP contribution in [0.1, 0.15) is 44.8 Å². The van der Waals surface area contributed by atoms with Crippen LogP contribution in [-0.4, -0.2) is 63.2 Å². The molecule has 11 heteroatoms. The van der Waals surface area contributed by atoms with Crippen molar-refractivity contribution >= 4 is 11.8 Å². The molecule has 11 nitrogen and oxygen atoms in total. The Bertz CT molecular complexity index is 1160. The second-order valence-electron chi connectivity index (χ2n) is 8.73. The minimum absolute atomic E-state index is 0.151. The zero-order valence-electron chi connectivity index (χ0n) is 20.8. The Morgan fingerprint density at radius 2 is 1.97 bits per heavy atom. The van der Waals surface area contributed by atoms with E-state index >= 15 is 0 Å². The average molecular weight is 497 g/mol. The summed E-state index contributed by atoms with van der Waals surface area (Å²) in [6.07, 6.45) is 6.17. The SMILES string of the molecule is CCC(C(=O)NC1CCCC1)N(Cc1ccco1)C(=O)Cn1nnc(-c2ccc(OC)c(OC)c2)n1. The second-order valence-corrected chi connectivity index (χ2v) is 8.73. The molecule has 1 aliphatic carbocycles. The summed E-state index contributed by atoms with van der Waals surface area (Å²) >= 11 is 0. The van der Waals surface area contributed by atoms with Crippen molar-refractivity contribution in [2.24, 2.45) is 0 Å². The summed E-state index contributed by atoms with van der Waals surface area (Å²) in [5, 5.41) is 15.6. The van der Waals surface area contributed by atoms with E-state index in [2.05, 4.69) is 20.7 Å². The number of nitrogens with one attached hydrogen (secondary N) is 1. The number of methoxy groups -OCH3 is 2. The molecule has 2 aromatic heterocycles. The van der Waals surface area contributed by atoms with E-state index in [-0.39, 0.29) is 30.9 Å². The molecule has 0 radical (unpaired) electrons. The van der Waals surface area contributed by atoms with Gasteiger partial charge >= 0.3 is 0 Å². The molecular formula is C25H32N6O5. The van der Waals surface area contributed by atoms with Crippen molar-refractivity contribution in [3.05, 3.63) is 42.4 Å². The molecule has 4 rings (SSSR count). The van der Waals surface area contributed by atoms with Gasteiger partial charge in [0, 0.05) is 11.6 Å². The molecule has 3 aromatic rings. The highest BCUT2D eigenvalue weighted by atomic mass is 16.5. The Kier molecular flexibility index (Phi) is 8.19. The third kappa shape index (κ3) is 5.84. The fourth-order valence-electron chi connectivity index (χ4n) is 4.47. The number of carbonyl (C=O) groups is 2. The van der Waals surface area contributed by atoms with Gasteiger partial charge in [-0.3, -0.25) is 9.59 Å². The lowest BCUT2D eigenvalue weighted by atomic mass is 10.1. The standard InChI is InChI=1S/C25H32N6O5/c1-4-20(25(33)26-18-8-5-6-9-18)30(15-19-10-7-13-36-19)23(32)16-31-28-24(27-29-31)17-11-12-21(34-2)22(14-17)35-3/h7,10-14,18,20H,4-6,8-9,15-16H2,1-3H3,(H,26,33). The Morgan fingerprint density at radius 1 is 1.19 bits per heavy atom. The van der Waals surface area contributed by atoms with E-state index in [1.54, 1.807) is 50.8 Å². The number of tetrazole rings is 1. The third-order valence-electron chi connectivity index (χ3n) is 6.37. The van der Waals surface area contributed by atoms with Crippen LogP contribution in [-0.2, 0) is 22.7 Å². The number of carbonyl (C=O) groups excluding carboxylic acids is 2. The summed E-state index contributed by atoms with van der Waals surface area (Å²) in [4.78, 5) is 29.4. The number of aromatic nitrogens is 4. The van der Waals surface area contributed by atoms with Gasteiger partial charge in [0.2, 0.25) is 17.6 Å². The van der Waals surface area contributed by atoms with Crippen molar-refractivity contribution in [2.75, 3.05) is 14.2 Å². The maximum Gasteiger partial charge on any atom is 0.247 e. The van der Waals surface area contributed by atoms with E-state index in [1.165, 1.54) is 9.70 Å². The maximum absolute atomic E-state index is 13.4. The van der Waals surface area contributed by atoms with E-state index < -0.39 is 6.04 Å². The molecular weight excluding hydrogens is 464 g/mol. The Balaban J connectivity index is 1.51. The molecule has 0 spiro atoms. The van der Waals surface area contributed by atoms with Crippen molar-refractivity contribution in [3.63, 3.8) is 0 Å². The van der Waals surface area contributed by atoms with Gasteiger partial charge in [-0.2, -0.15) is 4.80 Å². The Hall–Kier alpha value is -3.89. The molecule has 2 heterocycles. The maximum atomic E-state index is 13.4. The largest absolute Gasteiger partial charge is 0.493 e. The van der Waals surface area contributed by atoms with Crippen LogP contribution in [0.5, 0.6) is 11.5 Å². The number of benzene rings is 1. The molecule has 0 aliphatic heterocycles. The fraction of sp³-hybridized carbons (Fsp3) is 0.480. The zero-order valence-corrected chi connectivity index (χ0v) is 20.8. The summed E-state index contributed by atoms with van der Waals surface area (Å²) in [6, 6.07) is 8.33. The molecule has 1 saturated carbocycles. The molecule has 1 N–H and O–H groups in total. The first-order valence-corrected chi connectivity index (χ1v) is 12.1. The Morgan fingerprint density at radius 3 is 2.64 bits per heavy atom. The first kappa shape index (κ1) is 25.2. The molecule has 2 amide bonds. The highest BCUT2D eigenvalue weighted by Crippen LogP contribution is 2.30. The summed E-state index contributed by atoms with van der Waals surface area (Å²) in [6.45, 7) is 1.89. The molecule has 0 saturated heterocycles. The lowest BCUT2D eigenvalue weighted by Crippen LogP contribution is -2.51. The monoisotopic (exact) mass is 496 g/mol. The topological polar surface area (TPSA) is 125 Å². The molecule has 1 atom stereocenters. The second kappa shape index (κ2) is 11.7. The zero-order chi connectivity index (χ0) is 25.5. The fourth-order valence-corrected chi connectivity index (χ4v) is 4.47. The van der Waals surface area contributed by atoms with Gasteiger partial charge < -0.3 is 24.1 Å². The normalized spacial score (nSPS) is 14.4. The van der Waals surface area contributed by atoms with Gasteiger partial charge in [0.05, 0.1) is 27.0 Å². The average Bonchev–Trinajstić information content (AvgIpc) is 3.67. The molecule has 36 heavy (non-hydrogen) atoms. The molecule has 0 bridgehead atoms. The predicted octanol–water partition coefficient (Wildman–Crippen LogP) is 2.82. The van der Waals surface area contributed by atoms with Gasteiger partial charge in [0.25, 0.3) is 0 Å². The number of ether oxygens (including phenoxy) is 2.